The maximum absolute atomic E-state index is 5.87. The third kappa shape index (κ3) is 3.58. The van der Waals surface area contributed by atoms with Gasteiger partial charge in [-0.2, -0.15) is 0 Å². The summed E-state index contributed by atoms with van der Waals surface area (Å²) >= 11 is 0. The molecule has 19 heavy (non-hydrogen) atoms. The average molecular weight is 259 g/mol. The second-order valence-corrected chi connectivity index (χ2v) is 6.01. The van der Waals surface area contributed by atoms with Gasteiger partial charge in [0.2, 0.25) is 0 Å². The van der Waals surface area contributed by atoms with E-state index in [1.54, 1.807) is 0 Å². The first-order valence-electron chi connectivity index (χ1n) is 7.82. The highest BCUT2D eigenvalue weighted by molar-refractivity contribution is 5.22. The first-order chi connectivity index (χ1) is 9.42. The molecule has 104 valence electrons. The monoisotopic (exact) mass is 259 g/mol. The maximum Gasteiger partial charge on any atom is 0.0594 e. The lowest BCUT2D eigenvalue weighted by molar-refractivity contribution is 0.0571. The predicted octanol–water partition coefficient (Wildman–Crippen LogP) is 3.48. The minimum Gasteiger partial charge on any atom is -0.377 e. The summed E-state index contributed by atoms with van der Waals surface area (Å²) in [4.78, 5) is 0. The van der Waals surface area contributed by atoms with E-state index >= 15 is 0 Å². The van der Waals surface area contributed by atoms with Crippen molar-refractivity contribution in [3.8, 4) is 0 Å². The van der Waals surface area contributed by atoms with Crippen LogP contribution >= 0.6 is 0 Å². The summed E-state index contributed by atoms with van der Waals surface area (Å²) in [5.74, 6) is 0.773. The molecule has 0 amide bonds. The van der Waals surface area contributed by atoms with Crippen LogP contribution in [0.2, 0.25) is 0 Å². The normalized spacial score (nSPS) is 27.4. The van der Waals surface area contributed by atoms with Crippen LogP contribution in [0.5, 0.6) is 0 Å². The van der Waals surface area contributed by atoms with Crippen molar-refractivity contribution in [3.05, 3.63) is 35.9 Å². The molecule has 2 fully saturated rings. The molecule has 1 aromatic carbocycles. The van der Waals surface area contributed by atoms with E-state index in [2.05, 4.69) is 35.6 Å². The van der Waals surface area contributed by atoms with E-state index in [0.717, 1.165) is 19.1 Å². The maximum atomic E-state index is 5.87. The summed E-state index contributed by atoms with van der Waals surface area (Å²) in [6, 6.07) is 11.6. The average Bonchev–Trinajstić information content (AvgIpc) is 2.90. The fourth-order valence-corrected chi connectivity index (χ4v) is 3.33. The lowest BCUT2D eigenvalue weighted by Gasteiger charge is -2.36. The number of nitrogens with one attached hydrogen (secondary N) is 1. The Balaban J connectivity index is 1.27. The number of rotatable bonds is 6. The molecule has 2 aliphatic rings. The van der Waals surface area contributed by atoms with E-state index in [-0.39, 0.29) is 0 Å². The molecule has 0 aliphatic heterocycles. The minimum absolute atomic E-state index is 0.556. The van der Waals surface area contributed by atoms with E-state index in [0.29, 0.717) is 12.1 Å². The molecule has 1 aromatic rings. The Morgan fingerprint density at radius 1 is 1.05 bits per heavy atom. The lowest BCUT2D eigenvalue weighted by atomic mass is 9.76. The Hall–Kier alpha value is -0.860. The summed E-state index contributed by atoms with van der Waals surface area (Å²) < 4.78 is 5.87. The Morgan fingerprint density at radius 3 is 2.53 bits per heavy atom. The number of ether oxygens (including phenoxy) is 1. The topological polar surface area (TPSA) is 21.3 Å². The van der Waals surface area contributed by atoms with Crippen LogP contribution in [0.3, 0.4) is 0 Å². The molecule has 0 heterocycles. The fourth-order valence-electron chi connectivity index (χ4n) is 3.33. The van der Waals surface area contributed by atoms with Crippen LogP contribution in [0.15, 0.2) is 30.3 Å². The van der Waals surface area contributed by atoms with Crippen molar-refractivity contribution >= 4 is 0 Å². The smallest absolute Gasteiger partial charge is 0.0594 e. The van der Waals surface area contributed by atoms with Gasteiger partial charge in [-0.3, -0.25) is 0 Å². The molecule has 2 saturated carbocycles. The second-order valence-electron chi connectivity index (χ2n) is 6.01. The standard InChI is InChI=1S/C17H25NO/c1-2-6-14(7-3-1)15-12-16(13-15)18-10-11-19-17-8-4-5-9-17/h1-3,6-7,15-18H,4-5,8-13H2. The summed E-state index contributed by atoms with van der Waals surface area (Å²) in [5.41, 5.74) is 1.50. The van der Waals surface area contributed by atoms with Crippen molar-refractivity contribution in [1.29, 1.82) is 0 Å². The van der Waals surface area contributed by atoms with Crippen molar-refractivity contribution in [2.24, 2.45) is 0 Å². The first-order valence-corrected chi connectivity index (χ1v) is 7.82. The van der Waals surface area contributed by atoms with Crippen LogP contribution in [0.25, 0.3) is 0 Å². The van der Waals surface area contributed by atoms with Gasteiger partial charge in [0.25, 0.3) is 0 Å². The lowest BCUT2D eigenvalue weighted by Crippen LogP contribution is -2.41. The molecular formula is C17H25NO. The zero-order valence-electron chi connectivity index (χ0n) is 11.7. The zero-order chi connectivity index (χ0) is 12.9. The third-order valence-corrected chi connectivity index (χ3v) is 4.60. The zero-order valence-corrected chi connectivity index (χ0v) is 11.7. The summed E-state index contributed by atoms with van der Waals surface area (Å²) in [7, 11) is 0. The van der Waals surface area contributed by atoms with E-state index < -0.39 is 0 Å². The molecule has 2 heteroatoms. The van der Waals surface area contributed by atoms with Crippen LogP contribution in [-0.2, 0) is 4.74 Å². The van der Waals surface area contributed by atoms with Gasteiger partial charge in [0.15, 0.2) is 0 Å². The molecule has 0 radical (unpaired) electrons. The molecule has 3 rings (SSSR count). The van der Waals surface area contributed by atoms with Gasteiger partial charge in [-0.1, -0.05) is 43.2 Å². The van der Waals surface area contributed by atoms with Crippen LogP contribution < -0.4 is 5.32 Å². The van der Waals surface area contributed by atoms with Gasteiger partial charge in [-0.05, 0) is 37.2 Å². The molecular weight excluding hydrogens is 234 g/mol. The molecule has 0 aromatic heterocycles. The van der Waals surface area contributed by atoms with Crippen LogP contribution in [-0.4, -0.2) is 25.3 Å². The van der Waals surface area contributed by atoms with Gasteiger partial charge in [-0.15, -0.1) is 0 Å². The van der Waals surface area contributed by atoms with Crippen molar-refractivity contribution in [1.82, 2.24) is 5.32 Å². The van der Waals surface area contributed by atoms with E-state index in [1.807, 2.05) is 0 Å². The molecule has 0 spiro atoms. The van der Waals surface area contributed by atoms with Crippen LogP contribution in [0, 0.1) is 0 Å². The predicted molar refractivity (Wildman–Crippen MR) is 78.4 cm³/mol. The first kappa shape index (κ1) is 13.1. The second kappa shape index (κ2) is 6.53. The molecule has 2 nitrogen and oxygen atoms in total. The van der Waals surface area contributed by atoms with Crippen LogP contribution in [0.4, 0.5) is 0 Å². The summed E-state index contributed by atoms with van der Waals surface area (Å²) in [6.45, 7) is 1.90. The van der Waals surface area contributed by atoms with Gasteiger partial charge in [0.05, 0.1) is 12.7 Å². The number of hydrogen-bond donors (Lipinski definition) is 1. The number of benzene rings is 1. The number of hydrogen-bond acceptors (Lipinski definition) is 2. The molecule has 0 saturated heterocycles. The quantitative estimate of drug-likeness (QED) is 0.790. The molecule has 2 aliphatic carbocycles. The Labute approximate surface area is 116 Å². The van der Waals surface area contributed by atoms with Crippen LogP contribution in [0.1, 0.15) is 50.0 Å². The molecule has 0 atom stereocenters. The van der Waals surface area contributed by atoms with E-state index in [4.69, 9.17) is 4.74 Å². The highest BCUT2D eigenvalue weighted by Crippen LogP contribution is 2.36. The highest BCUT2D eigenvalue weighted by atomic mass is 16.5. The Kier molecular flexibility index (Phi) is 4.52. The molecule has 1 N–H and O–H groups in total. The van der Waals surface area contributed by atoms with Gasteiger partial charge in [0, 0.05) is 12.6 Å². The van der Waals surface area contributed by atoms with Crippen molar-refractivity contribution in [3.63, 3.8) is 0 Å². The van der Waals surface area contributed by atoms with Crippen molar-refractivity contribution < 1.29 is 4.74 Å². The fraction of sp³-hybridized carbons (Fsp3) is 0.647. The highest BCUT2D eigenvalue weighted by Gasteiger charge is 2.29. The van der Waals surface area contributed by atoms with Crippen molar-refractivity contribution in [2.45, 2.75) is 56.6 Å². The van der Waals surface area contributed by atoms with Crippen molar-refractivity contribution in [2.75, 3.05) is 13.2 Å². The van der Waals surface area contributed by atoms with Gasteiger partial charge in [0.1, 0.15) is 0 Å². The minimum atomic E-state index is 0.556. The Bertz CT molecular complexity index is 366. The molecule has 0 bridgehead atoms. The molecule has 0 unspecified atom stereocenters. The van der Waals surface area contributed by atoms with E-state index in [1.165, 1.54) is 44.1 Å². The summed E-state index contributed by atoms with van der Waals surface area (Å²) in [5, 5.41) is 3.62. The SMILES string of the molecule is c1ccc(C2CC(NCCOC3CCCC3)C2)cc1. The van der Waals surface area contributed by atoms with Gasteiger partial charge >= 0.3 is 0 Å². The summed E-state index contributed by atoms with van der Waals surface area (Å²) in [6.07, 6.45) is 8.40. The third-order valence-electron chi connectivity index (χ3n) is 4.60. The van der Waals surface area contributed by atoms with E-state index in [9.17, 15) is 0 Å². The largest absolute Gasteiger partial charge is 0.377 e. The van der Waals surface area contributed by atoms with Gasteiger partial charge in [-0.25, -0.2) is 0 Å². The van der Waals surface area contributed by atoms with Gasteiger partial charge < -0.3 is 10.1 Å². The Morgan fingerprint density at radius 2 is 1.79 bits per heavy atom.